The highest BCUT2D eigenvalue weighted by Gasteiger charge is 2.47. The van der Waals surface area contributed by atoms with E-state index in [1.54, 1.807) is 6.92 Å². The molecule has 6 rings (SSSR count). The summed E-state index contributed by atoms with van der Waals surface area (Å²) in [4.78, 5) is 42.1. The summed E-state index contributed by atoms with van der Waals surface area (Å²) in [5.41, 5.74) is 2.77. The van der Waals surface area contributed by atoms with Gasteiger partial charge < -0.3 is 35.8 Å². The van der Waals surface area contributed by atoms with Gasteiger partial charge in [-0.3, -0.25) is 14.2 Å². The van der Waals surface area contributed by atoms with Crippen molar-refractivity contribution in [2.75, 3.05) is 44.6 Å². The molecule has 2 amide bonds. The number of likely N-dealkylation sites (tertiary alicyclic amines) is 1. The van der Waals surface area contributed by atoms with E-state index in [1.165, 1.54) is 23.7 Å². The minimum atomic E-state index is -1.47. The lowest BCUT2D eigenvalue weighted by molar-refractivity contribution is -0.137. The zero-order valence-corrected chi connectivity index (χ0v) is 26.5. The molecule has 2 aromatic heterocycles. The molecule has 0 bridgehead atoms. The van der Waals surface area contributed by atoms with Crippen LogP contribution in [0.15, 0.2) is 67.0 Å². The van der Waals surface area contributed by atoms with Crippen LogP contribution in [0.25, 0.3) is 11.2 Å². The Morgan fingerprint density at radius 2 is 1.64 bits per heavy atom. The van der Waals surface area contributed by atoms with E-state index in [-0.39, 0.29) is 17.4 Å². The van der Waals surface area contributed by atoms with Gasteiger partial charge in [-0.25, -0.2) is 15.0 Å². The van der Waals surface area contributed by atoms with Crippen molar-refractivity contribution in [3.8, 4) is 0 Å². The van der Waals surface area contributed by atoms with E-state index in [4.69, 9.17) is 4.74 Å². The molecule has 13 heteroatoms. The fourth-order valence-corrected chi connectivity index (χ4v) is 6.30. The molecule has 0 radical (unpaired) electrons. The number of nitrogens with one attached hydrogen (secondary N) is 3. The maximum absolute atomic E-state index is 13.4. The Labute approximate surface area is 273 Å². The maximum Gasteiger partial charge on any atom is 0.289 e. The zero-order chi connectivity index (χ0) is 32.8. The molecule has 4 aromatic rings. The number of likely N-dealkylation sites (N-methyl/N-ethyl adjacent to an activating group) is 1. The Hall–Kier alpha value is -4.43. The van der Waals surface area contributed by atoms with Gasteiger partial charge in [0.25, 0.3) is 11.8 Å². The molecule has 5 N–H and O–H groups in total. The molecule has 0 saturated carbocycles. The van der Waals surface area contributed by atoms with Crippen LogP contribution in [0.5, 0.6) is 0 Å². The van der Waals surface area contributed by atoms with Crippen LogP contribution in [0.3, 0.4) is 0 Å². The van der Waals surface area contributed by atoms with Gasteiger partial charge in [-0.15, -0.1) is 0 Å². The largest absolute Gasteiger partial charge is 0.387 e. The normalized spacial score (nSPS) is 21.4. The van der Waals surface area contributed by atoms with Gasteiger partial charge in [0.05, 0.1) is 6.33 Å². The molecule has 0 unspecified atom stereocenters. The van der Waals surface area contributed by atoms with Gasteiger partial charge in [0.2, 0.25) is 5.82 Å². The number of imidazole rings is 1. The summed E-state index contributed by atoms with van der Waals surface area (Å²) in [6, 6.07) is 20.2. The predicted molar refractivity (Wildman–Crippen MR) is 176 cm³/mol. The van der Waals surface area contributed by atoms with Crippen molar-refractivity contribution < 1.29 is 24.5 Å². The van der Waals surface area contributed by atoms with Crippen molar-refractivity contribution in [3.63, 3.8) is 0 Å². The number of aromatic nitrogens is 4. The van der Waals surface area contributed by atoms with Crippen molar-refractivity contribution in [2.45, 2.75) is 56.6 Å². The first-order chi connectivity index (χ1) is 22.9. The van der Waals surface area contributed by atoms with Crippen molar-refractivity contribution in [1.29, 1.82) is 0 Å². The van der Waals surface area contributed by atoms with E-state index in [0.717, 1.165) is 37.2 Å². The summed E-state index contributed by atoms with van der Waals surface area (Å²) >= 11 is 0. The number of aliphatic hydroxyl groups is 2. The summed E-state index contributed by atoms with van der Waals surface area (Å²) in [5.74, 6) is -0.765. The first-order valence-corrected chi connectivity index (χ1v) is 16.3. The number of hydrogen-bond donors (Lipinski definition) is 5. The van der Waals surface area contributed by atoms with E-state index >= 15 is 0 Å². The Morgan fingerprint density at radius 3 is 2.30 bits per heavy atom. The first kappa shape index (κ1) is 32.5. The Bertz CT molecular complexity index is 1610. The number of carbonyl (C=O) groups is 2. The Kier molecular flexibility index (Phi) is 10.4. The van der Waals surface area contributed by atoms with Crippen LogP contribution in [0.2, 0.25) is 0 Å². The molecule has 2 aromatic carbocycles. The summed E-state index contributed by atoms with van der Waals surface area (Å²) in [5, 5.41) is 30.6. The fourth-order valence-electron chi connectivity index (χ4n) is 6.30. The molecule has 2 aliphatic rings. The second-order valence-corrected chi connectivity index (χ2v) is 12.0. The number of ether oxygens (including phenoxy) is 1. The van der Waals surface area contributed by atoms with Crippen LogP contribution in [-0.4, -0.2) is 104 Å². The number of fused-ring (bicyclic) bond motifs is 1. The molecule has 4 atom stereocenters. The standard InChI is InChI=1S/C34H42N8O5/c1-2-35-32(45)28-26(43)27(44)34(47-28)42-21-38-25-29(37-20-24(22-12-5-3-6-13-22)23-14-7-4-8-15-23)39-30(40-31(25)42)33(46)36-16-11-19-41-17-9-10-18-41/h3-8,12-15,21,24,26-28,34,43-44H,2,9-11,16-20H2,1H3,(H,35,45)(H,36,46)(H,37,39,40)/t26-,27-,28-,34+/m0/s1. The number of anilines is 1. The third kappa shape index (κ3) is 7.28. The molecule has 13 nitrogen and oxygen atoms in total. The minimum Gasteiger partial charge on any atom is -0.387 e. The van der Waals surface area contributed by atoms with Crippen LogP contribution < -0.4 is 16.0 Å². The number of benzene rings is 2. The first-order valence-electron chi connectivity index (χ1n) is 16.3. The molecular weight excluding hydrogens is 600 g/mol. The lowest BCUT2D eigenvalue weighted by Crippen LogP contribution is -2.42. The Morgan fingerprint density at radius 1 is 0.957 bits per heavy atom. The molecule has 2 saturated heterocycles. The molecule has 0 spiro atoms. The van der Waals surface area contributed by atoms with Crippen LogP contribution in [0, 0.1) is 0 Å². The van der Waals surface area contributed by atoms with Gasteiger partial charge in [-0.05, 0) is 56.9 Å². The average Bonchev–Trinajstić information content (AvgIpc) is 3.84. The highest BCUT2D eigenvalue weighted by molar-refractivity contribution is 5.94. The topological polar surface area (TPSA) is 167 Å². The molecule has 248 valence electrons. The van der Waals surface area contributed by atoms with E-state index in [1.807, 2.05) is 36.4 Å². The summed E-state index contributed by atoms with van der Waals surface area (Å²) in [6.45, 7) is 6.08. The molecule has 0 aliphatic carbocycles. The second-order valence-electron chi connectivity index (χ2n) is 12.0. The smallest absolute Gasteiger partial charge is 0.289 e. The zero-order valence-electron chi connectivity index (χ0n) is 26.5. The van der Waals surface area contributed by atoms with Gasteiger partial charge in [-0.2, -0.15) is 0 Å². The van der Waals surface area contributed by atoms with Gasteiger partial charge in [0.15, 0.2) is 29.3 Å². The van der Waals surface area contributed by atoms with Crippen molar-refractivity contribution in [2.24, 2.45) is 0 Å². The van der Waals surface area contributed by atoms with Crippen molar-refractivity contribution >= 4 is 28.8 Å². The molecule has 4 heterocycles. The lowest BCUT2D eigenvalue weighted by atomic mass is 9.91. The molecular formula is C34H42N8O5. The average molecular weight is 643 g/mol. The number of hydrogen-bond acceptors (Lipinski definition) is 10. The number of amides is 2. The quantitative estimate of drug-likeness (QED) is 0.136. The van der Waals surface area contributed by atoms with E-state index in [9.17, 15) is 19.8 Å². The fraction of sp³-hybridized carbons (Fsp3) is 0.441. The number of rotatable bonds is 13. The van der Waals surface area contributed by atoms with Crippen LogP contribution >= 0.6 is 0 Å². The number of aliphatic hydroxyl groups excluding tert-OH is 2. The van der Waals surface area contributed by atoms with Crippen molar-refractivity contribution in [3.05, 3.63) is 83.9 Å². The van der Waals surface area contributed by atoms with E-state index in [2.05, 4.69) is 60.1 Å². The third-order valence-corrected chi connectivity index (χ3v) is 8.76. The van der Waals surface area contributed by atoms with Crippen LogP contribution in [0.1, 0.15) is 60.1 Å². The van der Waals surface area contributed by atoms with Gasteiger partial charge in [0, 0.05) is 25.6 Å². The van der Waals surface area contributed by atoms with Crippen molar-refractivity contribution in [1.82, 2.24) is 35.1 Å². The SMILES string of the molecule is CCNC(=O)[C@H]1O[C@@H](n2cnc3c(NCC(c4ccccc4)c4ccccc4)nc(C(=O)NCCCN4CCCC4)nc32)[C@@H](O)[C@@H]1O. The van der Waals surface area contributed by atoms with Gasteiger partial charge in [-0.1, -0.05) is 60.7 Å². The third-order valence-electron chi connectivity index (χ3n) is 8.76. The summed E-state index contributed by atoms with van der Waals surface area (Å²) in [6.07, 6.45) is -0.762. The molecule has 47 heavy (non-hydrogen) atoms. The predicted octanol–water partition coefficient (Wildman–Crippen LogP) is 2.04. The summed E-state index contributed by atoms with van der Waals surface area (Å²) < 4.78 is 7.30. The molecule has 2 aliphatic heterocycles. The lowest BCUT2D eigenvalue weighted by Gasteiger charge is -2.20. The Balaban J connectivity index is 1.30. The van der Waals surface area contributed by atoms with Gasteiger partial charge >= 0.3 is 0 Å². The van der Waals surface area contributed by atoms with Crippen LogP contribution in [-0.2, 0) is 9.53 Å². The van der Waals surface area contributed by atoms with E-state index in [0.29, 0.717) is 31.0 Å². The van der Waals surface area contributed by atoms with E-state index < -0.39 is 36.4 Å². The highest BCUT2D eigenvalue weighted by atomic mass is 16.6. The second kappa shape index (κ2) is 15.0. The molecule has 2 fully saturated rings. The monoisotopic (exact) mass is 642 g/mol. The maximum atomic E-state index is 13.4. The number of nitrogens with zero attached hydrogens (tertiary/aromatic N) is 5. The number of carbonyl (C=O) groups excluding carboxylic acids is 2. The van der Waals surface area contributed by atoms with Gasteiger partial charge in [0.1, 0.15) is 12.2 Å². The summed E-state index contributed by atoms with van der Waals surface area (Å²) in [7, 11) is 0. The highest BCUT2D eigenvalue weighted by Crippen LogP contribution is 2.33. The minimum absolute atomic E-state index is 0.0414. The van der Waals surface area contributed by atoms with Crippen LogP contribution in [0.4, 0.5) is 5.82 Å².